The number of hydrazine groups is 1. The lowest BCUT2D eigenvalue weighted by Crippen LogP contribution is -2.53. The molecule has 8 nitrogen and oxygen atoms in total. The third kappa shape index (κ3) is 6.03. The van der Waals surface area contributed by atoms with Crippen LogP contribution in [0.15, 0.2) is 40.8 Å². The molecule has 2 amide bonds. The number of hydrogen-bond donors (Lipinski definition) is 2. The van der Waals surface area contributed by atoms with Gasteiger partial charge in [0.25, 0.3) is 0 Å². The summed E-state index contributed by atoms with van der Waals surface area (Å²) in [4.78, 5) is 48.2. The first-order valence-electron chi connectivity index (χ1n) is 10.5. The molecule has 1 heterocycles. The molecule has 32 heavy (non-hydrogen) atoms. The highest BCUT2D eigenvalue weighted by Crippen LogP contribution is 2.29. The zero-order chi connectivity index (χ0) is 23.1. The van der Waals surface area contributed by atoms with Gasteiger partial charge in [-0.3, -0.25) is 19.8 Å². The number of nitrogens with one attached hydrogen (secondary N) is 1. The van der Waals surface area contributed by atoms with Crippen LogP contribution in [0, 0.1) is 11.7 Å². The Bertz CT molecular complexity index is 982. The number of carboxylic acids is 1. The highest BCUT2D eigenvalue weighted by atomic mass is 19.1. The summed E-state index contributed by atoms with van der Waals surface area (Å²) in [7, 11) is 0. The van der Waals surface area contributed by atoms with Crippen LogP contribution in [0.25, 0.3) is 11.3 Å². The largest absolute Gasteiger partial charge is 0.481 e. The van der Waals surface area contributed by atoms with Crippen molar-refractivity contribution in [3.05, 3.63) is 48.0 Å². The van der Waals surface area contributed by atoms with Gasteiger partial charge in [-0.25, -0.2) is 9.40 Å². The van der Waals surface area contributed by atoms with Crippen LogP contribution in [0.1, 0.15) is 55.5 Å². The molecule has 0 unspecified atom stereocenters. The molecule has 0 radical (unpaired) electrons. The van der Waals surface area contributed by atoms with Crippen LogP contribution < -0.4 is 5.43 Å². The first-order chi connectivity index (χ1) is 15.4. The molecule has 1 saturated carbocycles. The van der Waals surface area contributed by atoms with E-state index in [0.717, 1.165) is 30.7 Å². The lowest BCUT2D eigenvalue weighted by molar-refractivity contribution is -0.145. The molecule has 1 atom stereocenters. The monoisotopic (exact) mass is 444 g/mol. The Hall–Kier alpha value is -3.49. The maximum atomic E-state index is 13.4. The third-order valence-corrected chi connectivity index (χ3v) is 5.54. The number of benzene rings is 1. The molecule has 170 valence electrons. The van der Waals surface area contributed by atoms with Crippen molar-refractivity contribution in [2.45, 2.75) is 51.0 Å². The number of aliphatic carboxylic acids is 1. The van der Waals surface area contributed by atoms with Crippen LogP contribution in [-0.4, -0.2) is 40.2 Å². The van der Waals surface area contributed by atoms with Gasteiger partial charge in [-0.1, -0.05) is 37.8 Å². The highest BCUT2D eigenvalue weighted by Gasteiger charge is 2.29. The highest BCUT2D eigenvalue weighted by molar-refractivity contribution is 5.94. The Morgan fingerprint density at radius 1 is 1.22 bits per heavy atom. The van der Waals surface area contributed by atoms with Gasteiger partial charge in [0.05, 0.1) is 6.42 Å². The molecule has 1 aliphatic rings. The van der Waals surface area contributed by atoms with E-state index in [2.05, 4.69) is 5.43 Å². The third-order valence-electron chi connectivity index (χ3n) is 5.54. The SMILES string of the molecule is O=C[C@H](CC(=O)O)N(NC(=O)c1ccc(-c2cccc(F)c2)o1)C(=O)CCC1CCCC1. The van der Waals surface area contributed by atoms with Crippen molar-refractivity contribution in [2.24, 2.45) is 5.92 Å². The summed E-state index contributed by atoms with van der Waals surface area (Å²) in [5.74, 6) is -2.63. The molecule has 2 aromatic rings. The fraction of sp³-hybridized carbons (Fsp3) is 0.391. The van der Waals surface area contributed by atoms with Gasteiger partial charge in [0.1, 0.15) is 23.9 Å². The van der Waals surface area contributed by atoms with Gasteiger partial charge in [0.2, 0.25) is 5.91 Å². The Labute approximate surface area is 184 Å². The van der Waals surface area contributed by atoms with E-state index >= 15 is 0 Å². The van der Waals surface area contributed by atoms with Crippen LogP contribution in [0.2, 0.25) is 0 Å². The summed E-state index contributed by atoms with van der Waals surface area (Å²) >= 11 is 0. The predicted octanol–water partition coefficient (Wildman–Crippen LogP) is 3.57. The van der Waals surface area contributed by atoms with Crippen LogP contribution in [0.5, 0.6) is 0 Å². The normalized spacial score (nSPS) is 14.7. The van der Waals surface area contributed by atoms with Gasteiger partial charge in [0.15, 0.2) is 5.76 Å². The van der Waals surface area contributed by atoms with Crippen LogP contribution in [0.4, 0.5) is 4.39 Å². The fourth-order valence-corrected chi connectivity index (χ4v) is 3.88. The van der Waals surface area contributed by atoms with Crippen LogP contribution in [0.3, 0.4) is 0 Å². The topological polar surface area (TPSA) is 117 Å². The number of hydrogen-bond acceptors (Lipinski definition) is 5. The Kier molecular flexibility index (Phi) is 7.75. The molecule has 0 aliphatic heterocycles. The number of rotatable bonds is 9. The van der Waals surface area contributed by atoms with Crippen molar-refractivity contribution in [2.75, 3.05) is 0 Å². The van der Waals surface area contributed by atoms with Crippen molar-refractivity contribution in [1.29, 1.82) is 0 Å². The summed E-state index contributed by atoms with van der Waals surface area (Å²) in [5.41, 5.74) is 2.74. The molecule has 2 N–H and O–H groups in total. The average Bonchev–Trinajstić information content (AvgIpc) is 3.46. The van der Waals surface area contributed by atoms with Crippen LogP contribution >= 0.6 is 0 Å². The van der Waals surface area contributed by atoms with Gasteiger partial charge < -0.3 is 14.3 Å². The van der Waals surface area contributed by atoms with Gasteiger partial charge in [-0.15, -0.1) is 0 Å². The zero-order valence-corrected chi connectivity index (χ0v) is 17.5. The van der Waals surface area contributed by atoms with E-state index in [9.17, 15) is 23.6 Å². The fourth-order valence-electron chi connectivity index (χ4n) is 3.88. The molecular weight excluding hydrogens is 419 g/mol. The summed E-state index contributed by atoms with van der Waals surface area (Å²) in [6.07, 6.45) is 4.65. The number of carboxylic acid groups (broad SMARTS) is 1. The standard InChI is InChI=1S/C23H25FN2O6/c24-17-7-3-6-16(12-17)19-9-10-20(32-19)23(31)25-26(18(14-27)13-22(29)30)21(28)11-8-15-4-1-2-5-15/h3,6-7,9-10,12,14-15,18H,1-2,4-5,8,11,13H2,(H,25,31)(H,29,30)/t18-/m0/s1. The number of carbonyl (C=O) groups excluding carboxylic acids is 3. The first kappa shape index (κ1) is 23.2. The molecule has 1 aliphatic carbocycles. The molecule has 0 spiro atoms. The smallest absolute Gasteiger partial charge is 0.305 e. The molecule has 1 aromatic carbocycles. The van der Waals surface area contributed by atoms with E-state index in [4.69, 9.17) is 9.52 Å². The molecule has 1 aromatic heterocycles. The predicted molar refractivity (Wildman–Crippen MR) is 112 cm³/mol. The minimum Gasteiger partial charge on any atom is -0.481 e. The Morgan fingerprint density at radius 2 is 1.97 bits per heavy atom. The van der Waals surface area contributed by atoms with E-state index < -0.39 is 36.1 Å². The number of carbonyl (C=O) groups is 4. The summed E-state index contributed by atoms with van der Waals surface area (Å²) in [6, 6.07) is 7.10. The first-order valence-corrected chi connectivity index (χ1v) is 10.5. The molecule has 0 bridgehead atoms. The maximum absolute atomic E-state index is 13.4. The lowest BCUT2D eigenvalue weighted by Gasteiger charge is -2.27. The molecule has 3 rings (SSSR count). The number of furan rings is 1. The summed E-state index contributed by atoms with van der Waals surface area (Å²) in [5, 5.41) is 9.87. The van der Waals surface area contributed by atoms with Crippen molar-refractivity contribution >= 4 is 24.1 Å². The van der Waals surface area contributed by atoms with Crippen molar-refractivity contribution in [3.63, 3.8) is 0 Å². The Morgan fingerprint density at radius 3 is 2.62 bits per heavy atom. The lowest BCUT2D eigenvalue weighted by atomic mass is 10.0. The van der Waals surface area contributed by atoms with Gasteiger partial charge in [0, 0.05) is 12.0 Å². The minimum atomic E-state index is -1.36. The maximum Gasteiger partial charge on any atom is 0.305 e. The second-order valence-electron chi connectivity index (χ2n) is 7.87. The molecular formula is C23H25FN2O6. The minimum absolute atomic E-state index is 0.0849. The van der Waals surface area contributed by atoms with E-state index in [1.165, 1.54) is 30.3 Å². The average molecular weight is 444 g/mol. The Balaban J connectivity index is 1.73. The van der Waals surface area contributed by atoms with E-state index in [1.54, 1.807) is 6.07 Å². The van der Waals surface area contributed by atoms with Crippen molar-refractivity contribution in [3.8, 4) is 11.3 Å². The van der Waals surface area contributed by atoms with Gasteiger partial charge >= 0.3 is 11.9 Å². The van der Waals surface area contributed by atoms with Gasteiger partial charge in [-0.05, 0) is 36.6 Å². The number of halogens is 1. The number of nitrogens with zero attached hydrogens (tertiary/aromatic N) is 1. The second kappa shape index (κ2) is 10.7. The van der Waals surface area contributed by atoms with Crippen LogP contribution in [-0.2, 0) is 14.4 Å². The molecule has 1 fully saturated rings. The molecule has 0 saturated heterocycles. The summed E-state index contributed by atoms with van der Waals surface area (Å²) < 4.78 is 18.9. The number of aldehydes is 1. The van der Waals surface area contributed by atoms with E-state index in [0.29, 0.717) is 24.2 Å². The van der Waals surface area contributed by atoms with E-state index in [-0.39, 0.29) is 17.9 Å². The zero-order valence-electron chi connectivity index (χ0n) is 17.5. The van der Waals surface area contributed by atoms with Gasteiger partial charge in [-0.2, -0.15) is 0 Å². The van der Waals surface area contributed by atoms with Crippen molar-refractivity contribution < 1.29 is 33.1 Å². The second-order valence-corrected chi connectivity index (χ2v) is 7.87. The quantitative estimate of drug-likeness (QED) is 0.451. The van der Waals surface area contributed by atoms with E-state index in [1.807, 2.05) is 0 Å². The molecule has 9 heteroatoms. The number of amides is 2. The van der Waals surface area contributed by atoms with Crippen molar-refractivity contribution in [1.82, 2.24) is 10.4 Å². The summed E-state index contributed by atoms with van der Waals surface area (Å²) in [6.45, 7) is 0.